The molecule has 1 N–H and O–H groups in total. The van der Waals surface area contributed by atoms with E-state index in [4.69, 9.17) is 4.42 Å². The summed E-state index contributed by atoms with van der Waals surface area (Å²) in [4.78, 5) is 40.5. The summed E-state index contributed by atoms with van der Waals surface area (Å²) >= 11 is 0. The van der Waals surface area contributed by atoms with Gasteiger partial charge in [0.15, 0.2) is 5.76 Å². The standard InChI is InChI=1S/C22H28N4O6S/c1-3-26(4-2)33(30,31)18-9-7-17(8-10-18)21(28)23-16-20(27)24-11-13-25(14-12-24)22(29)19-6-5-15-32-19/h5-10,15H,3-4,11-14,16H2,1-2H3,(H,23,28). The van der Waals surface area contributed by atoms with E-state index in [1.807, 2.05) is 0 Å². The van der Waals surface area contributed by atoms with Crippen LogP contribution in [0.1, 0.15) is 34.8 Å². The minimum atomic E-state index is -3.60. The Labute approximate surface area is 193 Å². The first-order valence-electron chi connectivity index (χ1n) is 10.8. The molecular formula is C22H28N4O6S. The molecule has 0 atom stereocenters. The maximum atomic E-state index is 12.5. The third-order valence-corrected chi connectivity index (χ3v) is 7.58. The Morgan fingerprint density at radius 1 is 0.970 bits per heavy atom. The highest BCUT2D eigenvalue weighted by molar-refractivity contribution is 7.89. The molecule has 0 saturated carbocycles. The fourth-order valence-electron chi connectivity index (χ4n) is 3.58. The van der Waals surface area contributed by atoms with Gasteiger partial charge in [-0.1, -0.05) is 13.8 Å². The lowest BCUT2D eigenvalue weighted by Crippen LogP contribution is -2.52. The van der Waals surface area contributed by atoms with Crippen molar-refractivity contribution in [2.75, 3.05) is 45.8 Å². The molecule has 178 valence electrons. The summed E-state index contributed by atoms with van der Waals surface area (Å²) in [5, 5.41) is 2.57. The summed E-state index contributed by atoms with van der Waals surface area (Å²) in [5.41, 5.74) is 0.259. The first-order chi connectivity index (χ1) is 15.8. The van der Waals surface area contributed by atoms with Gasteiger partial charge in [0.05, 0.1) is 17.7 Å². The number of carbonyl (C=O) groups excluding carboxylic acids is 3. The third kappa shape index (κ3) is 5.60. The molecule has 11 heteroatoms. The van der Waals surface area contributed by atoms with Gasteiger partial charge in [0.25, 0.3) is 11.8 Å². The minimum absolute atomic E-state index is 0.112. The molecule has 0 spiro atoms. The Balaban J connectivity index is 1.50. The van der Waals surface area contributed by atoms with Crippen LogP contribution in [0.3, 0.4) is 0 Å². The van der Waals surface area contributed by atoms with E-state index in [-0.39, 0.29) is 34.6 Å². The van der Waals surface area contributed by atoms with Gasteiger partial charge in [-0.25, -0.2) is 8.42 Å². The van der Waals surface area contributed by atoms with Crippen LogP contribution >= 0.6 is 0 Å². The Hall–Kier alpha value is -3.18. The lowest BCUT2D eigenvalue weighted by Gasteiger charge is -2.34. The average Bonchev–Trinajstić information content (AvgIpc) is 3.37. The molecule has 3 rings (SSSR count). The zero-order valence-electron chi connectivity index (χ0n) is 18.7. The highest BCUT2D eigenvalue weighted by atomic mass is 32.2. The van der Waals surface area contributed by atoms with Crippen LogP contribution in [0.2, 0.25) is 0 Å². The quantitative estimate of drug-likeness (QED) is 0.608. The van der Waals surface area contributed by atoms with Crippen molar-refractivity contribution in [1.29, 1.82) is 0 Å². The molecule has 1 aromatic heterocycles. The number of sulfonamides is 1. The van der Waals surface area contributed by atoms with Crippen molar-refractivity contribution < 1.29 is 27.2 Å². The zero-order valence-corrected chi connectivity index (χ0v) is 19.5. The largest absolute Gasteiger partial charge is 0.459 e. The first kappa shape index (κ1) is 24.5. The molecule has 2 aromatic rings. The van der Waals surface area contributed by atoms with Crippen molar-refractivity contribution in [3.63, 3.8) is 0 Å². The molecule has 10 nitrogen and oxygen atoms in total. The number of furan rings is 1. The molecule has 1 saturated heterocycles. The van der Waals surface area contributed by atoms with E-state index in [1.54, 1.807) is 35.8 Å². The molecule has 3 amide bonds. The number of piperazine rings is 1. The minimum Gasteiger partial charge on any atom is -0.459 e. The average molecular weight is 477 g/mol. The molecule has 1 aliphatic heterocycles. The van der Waals surface area contributed by atoms with E-state index in [1.165, 1.54) is 34.8 Å². The lowest BCUT2D eigenvalue weighted by atomic mass is 10.2. The number of nitrogens with one attached hydrogen (secondary N) is 1. The second-order valence-electron chi connectivity index (χ2n) is 7.45. The van der Waals surface area contributed by atoms with E-state index in [9.17, 15) is 22.8 Å². The second-order valence-corrected chi connectivity index (χ2v) is 9.38. The third-order valence-electron chi connectivity index (χ3n) is 5.51. The molecule has 1 aliphatic rings. The number of amides is 3. The Bertz CT molecular complexity index is 1070. The van der Waals surface area contributed by atoms with Crippen LogP contribution in [0.25, 0.3) is 0 Å². The molecule has 33 heavy (non-hydrogen) atoms. The van der Waals surface area contributed by atoms with Crippen LogP contribution in [0, 0.1) is 0 Å². The van der Waals surface area contributed by atoms with Gasteiger partial charge in [0, 0.05) is 44.8 Å². The van der Waals surface area contributed by atoms with Gasteiger partial charge in [0.2, 0.25) is 15.9 Å². The number of benzene rings is 1. The monoisotopic (exact) mass is 476 g/mol. The van der Waals surface area contributed by atoms with Crippen molar-refractivity contribution >= 4 is 27.7 Å². The molecule has 2 heterocycles. The van der Waals surface area contributed by atoms with Crippen molar-refractivity contribution in [3.8, 4) is 0 Å². The van der Waals surface area contributed by atoms with Gasteiger partial charge >= 0.3 is 0 Å². The van der Waals surface area contributed by atoms with Gasteiger partial charge in [0.1, 0.15) is 0 Å². The number of hydrogen-bond donors (Lipinski definition) is 1. The van der Waals surface area contributed by atoms with Gasteiger partial charge in [-0.15, -0.1) is 0 Å². The van der Waals surface area contributed by atoms with E-state index in [0.717, 1.165) is 0 Å². The van der Waals surface area contributed by atoms with Gasteiger partial charge < -0.3 is 19.5 Å². The van der Waals surface area contributed by atoms with Gasteiger partial charge in [-0.05, 0) is 36.4 Å². The van der Waals surface area contributed by atoms with Crippen molar-refractivity contribution in [2.45, 2.75) is 18.7 Å². The Morgan fingerprint density at radius 3 is 2.12 bits per heavy atom. The molecule has 1 fully saturated rings. The highest BCUT2D eigenvalue weighted by Crippen LogP contribution is 2.16. The summed E-state index contributed by atoms with van der Waals surface area (Å²) in [5.74, 6) is -0.680. The van der Waals surface area contributed by atoms with Crippen LogP contribution in [-0.4, -0.2) is 86.1 Å². The summed E-state index contributed by atoms with van der Waals surface area (Å²) in [6.07, 6.45) is 1.44. The van der Waals surface area contributed by atoms with E-state index in [2.05, 4.69) is 5.32 Å². The van der Waals surface area contributed by atoms with Crippen LogP contribution in [0.15, 0.2) is 52.0 Å². The fraction of sp³-hybridized carbons (Fsp3) is 0.409. The Kier molecular flexibility index (Phi) is 7.88. The molecule has 0 radical (unpaired) electrons. The highest BCUT2D eigenvalue weighted by Gasteiger charge is 2.26. The Morgan fingerprint density at radius 2 is 1.58 bits per heavy atom. The van der Waals surface area contributed by atoms with Crippen molar-refractivity contribution in [1.82, 2.24) is 19.4 Å². The zero-order chi connectivity index (χ0) is 24.0. The van der Waals surface area contributed by atoms with E-state index in [0.29, 0.717) is 39.3 Å². The molecule has 0 aliphatic carbocycles. The molecular weight excluding hydrogens is 448 g/mol. The summed E-state index contributed by atoms with van der Waals surface area (Å²) in [6.45, 7) is 5.52. The number of rotatable bonds is 8. The number of carbonyl (C=O) groups is 3. The van der Waals surface area contributed by atoms with Gasteiger partial charge in [-0.3, -0.25) is 14.4 Å². The molecule has 1 aromatic carbocycles. The topological polar surface area (TPSA) is 120 Å². The maximum absolute atomic E-state index is 12.5. The maximum Gasteiger partial charge on any atom is 0.289 e. The number of nitrogens with zero attached hydrogens (tertiary/aromatic N) is 3. The van der Waals surface area contributed by atoms with Gasteiger partial charge in [-0.2, -0.15) is 4.31 Å². The SMILES string of the molecule is CCN(CC)S(=O)(=O)c1ccc(C(=O)NCC(=O)N2CCN(C(=O)c3ccco3)CC2)cc1. The summed E-state index contributed by atoms with van der Waals surface area (Å²) in [6, 6.07) is 8.87. The first-order valence-corrected chi connectivity index (χ1v) is 12.2. The molecule has 0 unspecified atom stereocenters. The summed E-state index contributed by atoms with van der Waals surface area (Å²) < 4.78 is 31.5. The van der Waals surface area contributed by atoms with Crippen molar-refractivity contribution in [3.05, 3.63) is 54.0 Å². The smallest absolute Gasteiger partial charge is 0.289 e. The predicted molar refractivity (Wildman–Crippen MR) is 120 cm³/mol. The van der Waals surface area contributed by atoms with Crippen molar-refractivity contribution in [2.24, 2.45) is 0 Å². The summed E-state index contributed by atoms with van der Waals surface area (Å²) in [7, 11) is -3.60. The predicted octanol–water partition coefficient (Wildman–Crippen LogP) is 1.02. The van der Waals surface area contributed by atoms with E-state index >= 15 is 0 Å². The normalized spacial score (nSPS) is 14.4. The number of hydrogen-bond acceptors (Lipinski definition) is 6. The second kappa shape index (κ2) is 10.6. The molecule has 0 bridgehead atoms. The fourth-order valence-corrected chi connectivity index (χ4v) is 5.03. The van der Waals surface area contributed by atoms with Crippen LogP contribution in [0.5, 0.6) is 0 Å². The van der Waals surface area contributed by atoms with Crippen LogP contribution in [-0.2, 0) is 14.8 Å². The van der Waals surface area contributed by atoms with Crippen LogP contribution in [0.4, 0.5) is 0 Å². The van der Waals surface area contributed by atoms with Crippen LogP contribution < -0.4 is 5.32 Å². The van der Waals surface area contributed by atoms with E-state index < -0.39 is 15.9 Å². The lowest BCUT2D eigenvalue weighted by molar-refractivity contribution is -0.131.